The third-order valence-corrected chi connectivity index (χ3v) is 3.44. The Morgan fingerprint density at radius 2 is 1.94 bits per heavy atom. The van der Waals surface area contributed by atoms with Gasteiger partial charge in [0.1, 0.15) is 0 Å². The predicted molar refractivity (Wildman–Crippen MR) is 72.6 cm³/mol. The summed E-state index contributed by atoms with van der Waals surface area (Å²) in [5, 5.41) is 8.96. The van der Waals surface area contributed by atoms with Crippen LogP contribution in [0.2, 0.25) is 0 Å². The Labute approximate surface area is 108 Å². The van der Waals surface area contributed by atoms with Gasteiger partial charge in [-0.25, -0.2) is 0 Å². The number of methoxy groups -OCH3 is 1. The molecule has 1 N–H and O–H groups in total. The number of hydrogen-bond acceptors (Lipinski definition) is 4. The minimum absolute atomic E-state index is 0.208. The van der Waals surface area contributed by atoms with E-state index in [1.54, 1.807) is 7.11 Å². The van der Waals surface area contributed by atoms with Gasteiger partial charge in [0, 0.05) is 37.4 Å². The summed E-state index contributed by atoms with van der Waals surface area (Å²) in [6.45, 7) is 3.50. The predicted octanol–water partition coefficient (Wildman–Crippen LogP) is 1.72. The molecule has 0 fully saturated rings. The van der Waals surface area contributed by atoms with Crippen molar-refractivity contribution in [2.24, 2.45) is 0 Å². The maximum atomic E-state index is 8.96. The second kappa shape index (κ2) is 9.48. The van der Waals surface area contributed by atoms with Gasteiger partial charge in [-0.3, -0.25) is 4.90 Å². The summed E-state index contributed by atoms with van der Waals surface area (Å²) in [7, 11) is 1.70. The first kappa shape index (κ1) is 14.5. The van der Waals surface area contributed by atoms with Crippen molar-refractivity contribution < 1.29 is 9.84 Å². The van der Waals surface area contributed by atoms with Crippen LogP contribution < -0.4 is 0 Å². The van der Waals surface area contributed by atoms with E-state index in [4.69, 9.17) is 9.84 Å². The minimum atomic E-state index is 0.208. The van der Waals surface area contributed by atoms with Crippen molar-refractivity contribution in [3.8, 4) is 0 Å². The highest BCUT2D eigenvalue weighted by atomic mass is 32.2. The molecule has 96 valence electrons. The fraction of sp³-hybridized carbons (Fsp3) is 0.538. The van der Waals surface area contributed by atoms with Crippen molar-refractivity contribution in [2.45, 2.75) is 4.90 Å². The van der Waals surface area contributed by atoms with Crippen molar-refractivity contribution in [1.29, 1.82) is 0 Å². The lowest BCUT2D eigenvalue weighted by molar-refractivity contribution is 0.135. The van der Waals surface area contributed by atoms with Gasteiger partial charge in [0.05, 0.1) is 13.2 Å². The summed E-state index contributed by atoms with van der Waals surface area (Å²) in [6, 6.07) is 10.4. The van der Waals surface area contributed by atoms with Gasteiger partial charge in [0.2, 0.25) is 0 Å². The Hall–Kier alpha value is -0.550. The van der Waals surface area contributed by atoms with E-state index in [9.17, 15) is 0 Å². The van der Waals surface area contributed by atoms with Gasteiger partial charge in [0.15, 0.2) is 0 Å². The first-order valence-electron chi connectivity index (χ1n) is 5.87. The standard InChI is InChI=1S/C13H21NO2S/c1-16-11-8-14(7-10-15)9-12-17-13-5-3-2-4-6-13/h2-6,15H,7-12H2,1H3. The van der Waals surface area contributed by atoms with Crippen LogP contribution in [-0.2, 0) is 4.74 Å². The average molecular weight is 255 g/mol. The van der Waals surface area contributed by atoms with E-state index in [0.717, 1.165) is 32.0 Å². The van der Waals surface area contributed by atoms with E-state index in [1.165, 1.54) is 4.90 Å². The monoisotopic (exact) mass is 255 g/mol. The number of nitrogens with zero attached hydrogens (tertiary/aromatic N) is 1. The van der Waals surface area contributed by atoms with Gasteiger partial charge in [-0.05, 0) is 12.1 Å². The summed E-state index contributed by atoms with van der Waals surface area (Å²) in [5.41, 5.74) is 0. The lowest BCUT2D eigenvalue weighted by Crippen LogP contribution is -2.32. The first-order chi connectivity index (χ1) is 8.36. The Morgan fingerprint density at radius 3 is 2.59 bits per heavy atom. The molecule has 0 aromatic heterocycles. The fourth-order valence-electron chi connectivity index (χ4n) is 1.51. The molecule has 17 heavy (non-hydrogen) atoms. The Bertz CT molecular complexity index is 282. The maximum absolute atomic E-state index is 8.96. The van der Waals surface area contributed by atoms with Gasteiger partial charge in [-0.15, -0.1) is 11.8 Å². The zero-order chi connectivity index (χ0) is 12.3. The lowest BCUT2D eigenvalue weighted by Gasteiger charge is -2.20. The highest BCUT2D eigenvalue weighted by Gasteiger charge is 2.03. The molecule has 0 heterocycles. The van der Waals surface area contributed by atoms with Crippen LogP contribution in [0.1, 0.15) is 0 Å². The third kappa shape index (κ3) is 6.68. The number of thioether (sulfide) groups is 1. The Balaban J connectivity index is 2.22. The molecule has 0 atom stereocenters. The zero-order valence-electron chi connectivity index (χ0n) is 10.3. The highest BCUT2D eigenvalue weighted by Crippen LogP contribution is 2.16. The molecule has 0 saturated carbocycles. The van der Waals surface area contributed by atoms with Crippen LogP contribution in [0, 0.1) is 0 Å². The van der Waals surface area contributed by atoms with Crippen LogP contribution in [0.4, 0.5) is 0 Å². The van der Waals surface area contributed by atoms with Crippen LogP contribution in [0.3, 0.4) is 0 Å². The average Bonchev–Trinajstić information content (AvgIpc) is 2.37. The molecule has 1 aromatic carbocycles. The molecule has 0 saturated heterocycles. The maximum Gasteiger partial charge on any atom is 0.0589 e. The number of aliphatic hydroxyl groups is 1. The molecule has 0 radical (unpaired) electrons. The van der Waals surface area contributed by atoms with E-state index in [-0.39, 0.29) is 6.61 Å². The van der Waals surface area contributed by atoms with Crippen LogP contribution in [0.5, 0.6) is 0 Å². The van der Waals surface area contributed by atoms with E-state index >= 15 is 0 Å². The van der Waals surface area contributed by atoms with Crippen molar-refractivity contribution in [3.05, 3.63) is 30.3 Å². The first-order valence-corrected chi connectivity index (χ1v) is 6.85. The van der Waals surface area contributed by atoms with Crippen molar-refractivity contribution in [2.75, 3.05) is 45.7 Å². The molecule has 0 amide bonds. The molecule has 0 unspecified atom stereocenters. The van der Waals surface area contributed by atoms with Gasteiger partial charge < -0.3 is 9.84 Å². The van der Waals surface area contributed by atoms with Crippen molar-refractivity contribution in [3.63, 3.8) is 0 Å². The topological polar surface area (TPSA) is 32.7 Å². The number of benzene rings is 1. The van der Waals surface area contributed by atoms with Crippen molar-refractivity contribution >= 4 is 11.8 Å². The molecule has 0 aliphatic carbocycles. The summed E-state index contributed by atoms with van der Waals surface area (Å²) in [4.78, 5) is 3.52. The molecule has 0 aliphatic rings. The zero-order valence-corrected chi connectivity index (χ0v) is 11.2. The van der Waals surface area contributed by atoms with E-state index in [2.05, 4.69) is 29.2 Å². The summed E-state index contributed by atoms with van der Waals surface area (Å²) >= 11 is 1.84. The molecule has 1 rings (SSSR count). The SMILES string of the molecule is COCCN(CCO)CCSc1ccccc1. The minimum Gasteiger partial charge on any atom is -0.395 e. The summed E-state index contributed by atoms with van der Waals surface area (Å²) < 4.78 is 5.05. The van der Waals surface area contributed by atoms with Crippen molar-refractivity contribution in [1.82, 2.24) is 4.90 Å². The van der Waals surface area contributed by atoms with Crippen LogP contribution >= 0.6 is 11.8 Å². The molecule has 0 bridgehead atoms. The number of ether oxygens (including phenoxy) is 1. The quantitative estimate of drug-likeness (QED) is 0.681. The second-order valence-electron chi connectivity index (χ2n) is 3.72. The number of hydrogen-bond donors (Lipinski definition) is 1. The Kier molecular flexibility index (Phi) is 8.09. The van der Waals surface area contributed by atoms with Crippen LogP contribution in [0.15, 0.2) is 35.2 Å². The summed E-state index contributed by atoms with van der Waals surface area (Å²) in [5.74, 6) is 1.04. The lowest BCUT2D eigenvalue weighted by atomic mass is 10.4. The number of rotatable bonds is 9. The van der Waals surface area contributed by atoms with Gasteiger partial charge in [-0.1, -0.05) is 18.2 Å². The normalized spacial score (nSPS) is 11.0. The van der Waals surface area contributed by atoms with Gasteiger partial charge in [0.25, 0.3) is 0 Å². The largest absolute Gasteiger partial charge is 0.395 e. The molecule has 0 aliphatic heterocycles. The molecule has 0 spiro atoms. The summed E-state index contributed by atoms with van der Waals surface area (Å²) in [6.07, 6.45) is 0. The molecule has 3 nitrogen and oxygen atoms in total. The third-order valence-electron chi connectivity index (χ3n) is 2.45. The van der Waals surface area contributed by atoms with Gasteiger partial charge >= 0.3 is 0 Å². The van der Waals surface area contributed by atoms with Crippen LogP contribution in [-0.4, -0.2) is 55.7 Å². The van der Waals surface area contributed by atoms with E-state index < -0.39 is 0 Å². The fourth-order valence-corrected chi connectivity index (χ4v) is 2.44. The molecule has 4 heteroatoms. The van der Waals surface area contributed by atoms with E-state index in [1.807, 2.05) is 17.8 Å². The van der Waals surface area contributed by atoms with E-state index in [0.29, 0.717) is 0 Å². The number of aliphatic hydroxyl groups excluding tert-OH is 1. The van der Waals surface area contributed by atoms with Crippen LogP contribution in [0.25, 0.3) is 0 Å². The molecule has 1 aromatic rings. The smallest absolute Gasteiger partial charge is 0.0589 e. The highest BCUT2D eigenvalue weighted by molar-refractivity contribution is 7.99. The Morgan fingerprint density at radius 1 is 1.18 bits per heavy atom. The second-order valence-corrected chi connectivity index (χ2v) is 4.89. The van der Waals surface area contributed by atoms with Gasteiger partial charge in [-0.2, -0.15) is 0 Å². The molecular formula is C13H21NO2S. The molecular weight excluding hydrogens is 234 g/mol.